The van der Waals surface area contributed by atoms with Crippen molar-refractivity contribution in [1.82, 2.24) is 0 Å². The first kappa shape index (κ1) is 12.7. The Balaban J connectivity index is 1.69. The molecule has 3 heteroatoms. The number of fused-ring (bicyclic) bond motifs is 1. The molecule has 0 fully saturated rings. The van der Waals surface area contributed by atoms with E-state index in [1.165, 1.54) is 5.56 Å². The summed E-state index contributed by atoms with van der Waals surface area (Å²) in [5.74, 6) is 0.914. The monoisotopic (exact) mass is 267 g/mol. The summed E-state index contributed by atoms with van der Waals surface area (Å²) >= 11 is 0. The van der Waals surface area contributed by atoms with Crippen LogP contribution in [0.2, 0.25) is 0 Å². The predicted molar refractivity (Wildman–Crippen MR) is 78.7 cm³/mol. The van der Waals surface area contributed by atoms with Crippen molar-refractivity contribution in [1.29, 1.82) is 0 Å². The molecule has 0 amide bonds. The van der Waals surface area contributed by atoms with Gasteiger partial charge in [0.1, 0.15) is 5.75 Å². The van der Waals surface area contributed by atoms with Crippen LogP contribution in [-0.4, -0.2) is 17.5 Å². The van der Waals surface area contributed by atoms with E-state index in [4.69, 9.17) is 9.94 Å². The predicted octanol–water partition coefficient (Wildman–Crippen LogP) is 3.43. The number of hydrogen-bond acceptors (Lipinski definition) is 3. The third-order valence-corrected chi connectivity index (χ3v) is 3.67. The lowest BCUT2D eigenvalue weighted by Crippen LogP contribution is -2.03. The Hall–Kier alpha value is -2.29. The van der Waals surface area contributed by atoms with E-state index in [0.717, 1.165) is 41.9 Å². The first-order valence-corrected chi connectivity index (χ1v) is 6.88. The number of nitrogens with zero attached hydrogens (tertiary/aromatic N) is 1. The fraction of sp³-hybridized carbons (Fsp3) is 0.235. The van der Waals surface area contributed by atoms with Crippen LogP contribution in [0.4, 0.5) is 0 Å². The second kappa shape index (κ2) is 5.78. The molecule has 1 aliphatic carbocycles. The van der Waals surface area contributed by atoms with Crippen molar-refractivity contribution in [3.8, 4) is 5.75 Å². The van der Waals surface area contributed by atoms with E-state index in [0.29, 0.717) is 6.61 Å². The normalized spacial score (nSPS) is 15.3. The summed E-state index contributed by atoms with van der Waals surface area (Å²) in [5, 5.41) is 12.3. The van der Waals surface area contributed by atoms with Crippen molar-refractivity contribution in [2.75, 3.05) is 6.61 Å². The van der Waals surface area contributed by atoms with Crippen LogP contribution < -0.4 is 4.74 Å². The Morgan fingerprint density at radius 1 is 1.00 bits per heavy atom. The van der Waals surface area contributed by atoms with Crippen molar-refractivity contribution < 1.29 is 9.94 Å². The molecule has 102 valence electrons. The lowest BCUT2D eigenvalue weighted by molar-refractivity contribution is 0.318. The Morgan fingerprint density at radius 2 is 1.85 bits per heavy atom. The smallest absolute Gasteiger partial charge is 0.123 e. The summed E-state index contributed by atoms with van der Waals surface area (Å²) in [4.78, 5) is 0. The van der Waals surface area contributed by atoms with Gasteiger partial charge >= 0.3 is 0 Å². The third kappa shape index (κ3) is 2.52. The van der Waals surface area contributed by atoms with Crippen LogP contribution in [0.5, 0.6) is 5.75 Å². The third-order valence-electron chi connectivity index (χ3n) is 3.67. The first-order chi connectivity index (χ1) is 9.88. The van der Waals surface area contributed by atoms with Gasteiger partial charge in [-0.05, 0) is 24.5 Å². The summed E-state index contributed by atoms with van der Waals surface area (Å²) < 4.78 is 5.91. The number of hydrogen-bond donors (Lipinski definition) is 1. The lowest BCUT2D eigenvalue weighted by Gasteiger charge is -2.10. The molecule has 1 aliphatic rings. The second-order valence-electron chi connectivity index (χ2n) is 4.91. The molecule has 0 heterocycles. The highest BCUT2D eigenvalue weighted by molar-refractivity contribution is 6.04. The van der Waals surface area contributed by atoms with E-state index < -0.39 is 0 Å². The molecule has 3 nitrogen and oxygen atoms in total. The summed E-state index contributed by atoms with van der Waals surface area (Å²) in [5.41, 5.74) is 4.21. The maximum atomic E-state index is 8.98. The van der Waals surface area contributed by atoms with Gasteiger partial charge in [0.05, 0.1) is 12.3 Å². The minimum Gasteiger partial charge on any atom is -0.493 e. The maximum Gasteiger partial charge on any atom is 0.123 e. The quantitative estimate of drug-likeness (QED) is 0.681. The van der Waals surface area contributed by atoms with E-state index >= 15 is 0 Å². The van der Waals surface area contributed by atoms with Crippen molar-refractivity contribution in [2.24, 2.45) is 5.16 Å². The summed E-state index contributed by atoms with van der Waals surface area (Å²) in [6.07, 6.45) is 2.56. The van der Waals surface area contributed by atoms with Gasteiger partial charge in [-0.25, -0.2) is 0 Å². The zero-order chi connectivity index (χ0) is 13.8. The van der Waals surface area contributed by atoms with E-state index in [1.807, 2.05) is 36.4 Å². The molecule has 0 aromatic heterocycles. The molecular formula is C17H17NO2. The average Bonchev–Trinajstić information content (AvgIpc) is 2.92. The molecule has 0 saturated carbocycles. The molecular weight excluding hydrogens is 250 g/mol. The van der Waals surface area contributed by atoms with Crippen LogP contribution in [0.15, 0.2) is 53.7 Å². The molecule has 0 spiro atoms. The van der Waals surface area contributed by atoms with Gasteiger partial charge in [-0.2, -0.15) is 0 Å². The molecule has 1 N–H and O–H groups in total. The van der Waals surface area contributed by atoms with Crippen LogP contribution in [0.3, 0.4) is 0 Å². The van der Waals surface area contributed by atoms with Crippen molar-refractivity contribution in [3.05, 3.63) is 65.2 Å². The summed E-state index contributed by atoms with van der Waals surface area (Å²) in [6, 6.07) is 16.2. The van der Waals surface area contributed by atoms with E-state index in [9.17, 15) is 0 Å². The van der Waals surface area contributed by atoms with Gasteiger partial charge in [-0.1, -0.05) is 47.6 Å². The summed E-state index contributed by atoms with van der Waals surface area (Å²) in [6.45, 7) is 0.659. The molecule has 0 bridgehead atoms. The van der Waals surface area contributed by atoms with Crippen LogP contribution in [-0.2, 0) is 12.8 Å². The number of rotatable bonds is 4. The SMILES string of the molecule is ON=C1CCc2c(OCCc3ccccc3)cccc21. The fourth-order valence-corrected chi connectivity index (χ4v) is 2.63. The maximum absolute atomic E-state index is 8.98. The molecule has 0 aliphatic heterocycles. The van der Waals surface area contributed by atoms with E-state index in [2.05, 4.69) is 17.3 Å². The topological polar surface area (TPSA) is 41.8 Å². The molecule has 2 aromatic rings. The molecule has 20 heavy (non-hydrogen) atoms. The van der Waals surface area contributed by atoms with Gasteiger partial charge in [-0.3, -0.25) is 0 Å². The Labute approximate surface area is 118 Å². The second-order valence-corrected chi connectivity index (χ2v) is 4.91. The fourth-order valence-electron chi connectivity index (χ4n) is 2.63. The van der Waals surface area contributed by atoms with Crippen molar-refractivity contribution in [3.63, 3.8) is 0 Å². The number of ether oxygens (including phenoxy) is 1. The number of oxime groups is 1. The number of benzene rings is 2. The molecule has 0 atom stereocenters. The van der Waals surface area contributed by atoms with Gasteiger partial charge < -0.3 is 9.94 Å². The standard InChI is InChI=1S/C17H17NO2/c19-18-16-10-9-15-14(16)7-4-8-17(15)20-12-11-13-5-2-1-3-6-13/h1-8,19H,9-12H2. The van der Waals surface area contributed by atoms with E-state index in [-0.39, 0.29) is 0 Å². The van der Waals surface area contributed by atoms with Gasteiger partial charge in [0.15, 0.2) is 0 Å². The largest absolute Gasteiger partial charge is 0.493 e. The van der Waals surface area contributed by atoms with E-state index in [1.54, 1.807) is 0 Å². The van der Waals surface area contributed by atoms with Gasteiger partial charge in [0.25, 0.3) is 0 Å². The highest BCUT2D eigenvalue weighted by Crippen LogP contribution is 2.30. The Bertz CT molecular complexity index is 620. The minimum atomic E-state index is 0.659. The van der Waals surface area contributed by atoms with Crippen molar-refractivity contribution in [2.45, 2.75) is 19.3 Å². The molecule has 0 unspecified atom stereocenters. The molecule has 2 aromatic carbocycles. The highest BCUT2D eigenvalue weighted by Gasteiger charge is 2.21. The van der Waals surface area contributed by atoms with Gasteiger partial charge in [-0.15, -0.1) is 0 Å². The van der Waals surface area contributed by atoms with Gasteiger partial charge in [0.2, 0.25) is 0 Å². The summed E-state index contributed by atoms with van der Waals surface area (Å²) in [7, 11) is 0. The first-order valence-electron chi connectivity index (χ1n) is 6.88. The van der Waals surface area contributed by atoms with Crippen molar-refractivity contribution >= 4 is 5.71 Å². The Kier molecular flexibility index (Phi) is 3.68. The average molecular weight is 267 g/mol. The lowest BCUT2D eigenvalue weighted by atomic mass is 10.1. The van der Waals surface area contributed by atoms with Gasteiger partial charge in [0, 0.05) is 17.5 Å². The van der Waals surface area contributed by atoms with Crippen LogP contribution in [0.1, 0.15) is 23.1 Å². The Morgan fingerprint density at radius 3 is 2.65 bits per heavy atom. The zero-order valence-electron chi connectivity index (χ0n) is 11.2. The molecule has 3 rings (SSSR count). The van der Waals surface area contributed by atoms with Crippen LogP contribution >= 0.6 is 0 Å². The highest BCUT2D eigenvalue weighted by atomic mass is 16.5. The van der Waals surface area contributed by atoms with Crippen LogP contribution in [0, 0.1) is 0 Å². The van der Waals surface area contributed by atoms with Crippen LogP contribution in [0.25, 0.3) is 0 Å². The zero-order valence-corrected chi connectivity index (χ0v) is 11.2. The molecule has 0 saturated heterocycles. The molecule has 0 radical (unpaired) electrons. The minimum absolute atomic E-state index is 0.659.